The fourth-order valence-electron chi connectivity index (χ4n) is 0.992. The van der Waals surface area contributed by atoms with Crippen LogP contribution in [-0.2, 0) is 9.59 Å². The Morgan fingerprint density at radius 3 is 1.50 bits per heavy atom. The minimum absolute atomic E-state index is 0.0585. The van der Waals surface area contributed by atoms with Gasteiger partial charge in [0.1, 0.15) is 0 Å². The smallest absolute Gasteiger partial charge is 0.308 e. The zero-order valence-electron chi connectivity index (χ0n) is 8.54. The lowest BCUT2D eigenvalue weighted by Gasteiger charge is -2.11. The molecule has 0 N–H and O–H groups in total. The summed E-state index contributed by atoms with van der Waals surface area (Å²) in [6, 6.07) is 2.88. The molecular formula is C10H8Cl2O4. The van der Waals surface area contributed by atoms with Gasteiger partial charge in [0.2, 0.25) is 0 Å². The maximum absolute atomic E-state index is 10.9. The molecule has 0 saturated carbocycles. The fourth-order valence-corrected chi connectivity index (χ4v) is 1.37. The van der Waals surface area contributed by atoms with E-state index in [1.165, 1.54) is 26.0 Å². The normalized spacial score (nSPS) is 9.75. The van der Waals surface area contributed by atoms with Gasteiger partial charge in [-0.15, -0.1) is 0 Å². The summed E-state index contributed by atoms with van der Waals surface area (Å²) in [6.45, 7) is 2.41. The van der Waals surface area contributed by atoms with Gasteiger partial charge in [0.25, 0.3) is 0 Å². The molecule has 0 spiro atoms. The second-order valence-corrected chi connectivity index (χ2v) is 3.69. The molecule has 0 aliphatic carbocycles. The molecule has 0 heterocycles. The number of rotatable bonds is 2. The van der Waals surface area contributed by atoms with Crippen LogP contribution in [0.4, 0.5) is 0 Å². The summed E-state index contributed by atoms with van der Waals surface area (Å²) in [5, 5.41) is 0.270. The van der Waals surface area contributed by atoms with Gasteiger partial charge < -0.3 is 9.47 Å². The van der Waals surface area contributed by atoms with Gasteiger partial charge in [0.15, 0.2) is 11.5 Å². The Kier molecular flexibility index (Phi) is 4.15. The second kappa shape index (κ2) is 5.18. The summed E-state index contributed by atoms with van der Waals surface area (Å²) in [6.07, 6.45) is 0. The number of benzene rings is 1. The lowest BCUT2D eigenvalue weighted by Crippen LogP contribution is -2.08. The quantitative estimate of drug-likeness (QED) is 0.608. The predicted molar refractivity (Wildman–Crippen MR) is 59.1 cm³/mol. The maximum atomic E-state index is 10.9. The minimum atomic E-state index is -0.586. The van der Waals surface area contributed by atoms with Crippen LogP contribution in [0.25, 0.3) is 0 Å². The van der Waals surface area contributed by atoms with E-state index in [1.807, 2.05) is 0 Å². The molecule has 1 aromatic carbocycles. The van der Waals surface area contributed by atoms with E-state index < -0.39 is 11.9 Å². The van der Waals surface area contributed by atoms with Gasteiger partial charge in [0, 0.05) is 13.8 Å². The van der Waals surface area contributed by atoms with Crippen molar-refractivity contribution in [2.24, 2.45) is 0 Å². The van der Waals surface area contributed by atoms with E-state index in [0.29, 0.717) is 0 Å². The van der Waals surface area contributed by atoms with Crippen LogP contribution in [0, 0.1) is 0 Å². The third-order valence-corrected chi connectivity index (χ3v) is 2.10. The van der Waals surface area contributed by atoms with Gasteiger partial charge in [-0.05, 0) is 12.1 Å². The first-order chi connectivity index (χ1) is 7.41. The number of hydrogen-bond donors (Lipinski definition) is 0. The van der Waals surface area contributed by atoms with E-state index in [4.69, 9.17) is 32.7 Å². The topological polar surface area (TPSA) is 52.6 Å². The van der Waals surface area contributed by atoms with Gasteiger partial charge in [-0.2, -0.15) is 0 Å². The molecule has 0 aliphatic rings. The molecule has 0 fully saturated rings. The molecule has 1 aromatic rings. The average molecular weight is 263 g/mol. The first kappa shape index (κ1) is 12.8. The molecule has 4 nitrogen and oxygen atoms in total. The third-order valence-electron chi connectivity index (χ3n) is 1.51. The Morgan fingerprint density at radius 2 is 1.25 bits per heavy atom. The second-order valence-electron chi connectivity index (χ2n) is 2.87. The molecular weight excluding hydrogens is 255 g/mol. The number of halogens is 2. The van der Waals surface area contributed by atoms with E-state index in [0.717, 1.165) is 0 Å². The molecule has 0 bridgehead atoms. The highest BCUT2D eigenvalue weighted by Gasteiger charge is 2.17. The van der Waals surface area contributed by atoms with Gasteiger partial charge in [-0.3, -0.25) is 9.59 Å². The number of hydrogen-bond acceptors (Lipinski definition) is 4. The van der Waals surface area contributed by atoms with Crippen LogP contribution in [-0.4, -0.2) is 11.9 Å². The molecule has 0 radical (unpaired) electrons. The summed E-state index contributed by atoms with van der Waals surface area (Å²) in [4.78, 5) is 21.7. The van der Waals surface area contributed by atoms with Crippen molar-refractivity contribution in [3.8, 4) is 11.5 Å². The van der Waals surface area contributed by atoms with Crippen molar-refractivity contribution in [3.63, 3.8) is 0 Å². The van der Waals surface area contributed by atoms with Gasteiger partial charge in [-0.25, -0.2) is 0 Å². The Bertz CT molecular complexity index is 402. The molecule has 0 atom stereocenters. The minimum Gasteiger partial charge on any atom is -0.421 e. The highest BCUT2D eigenvalue weighted by Crippen LogP contribution is 2.40. The molecule has 0 aliphatic heterocycles. The fraction of sp³-hybridized carbons (Fsp3) is 0.200. The molecule has 6 heteroatoms. The summed E-state index contributed by atoms with van der Waals surface area (Å²) in [7, 11) is 0. The van der Waals surface area contributed by atoms with Crippen LogP contribution in [0.1, 0.15) is 13.8 Å². The van der Waals surface area contributed by atoms with Crippen LogP contribution in [0.15, 0.2) is 12.1 Å². The largest absolute Gasteiger partial charge is 0.421 e. The van der Waals surface area contributed by atoms with E-state index in [-0.39, 0.29) is 21.5 Å². The van der Waals surface area contributed by atoms with Gasteiger partial charge >= 0.3 is 11.9 Å². The summed E-state index contributed by atoms with van der Waals surface area (Å²) in [5.74, 6) is -1.29. The zero-order chi connectivity index (χ0) is 12.3. The molecule has 0 saturated heterocycles. The van der Waals surface area contributed by atoms with Crippen molar-refractivity contribution < 1.29 is 19.1 Å². The standard InChI is InChI=1S/C10H8Cl2O4/c1-5(13)15-9-7(11)3-4-8(12)10(9)16-6(2)14/h3-4H,1-2H3. The van der Waals surface area contributed by atoms with Crippen molar-refractivity contribution in [2.75, 3.05) is 0 Å². The number of esters is 2. The first-order valence-corrected chi connectivity index (χ1v) is 5.02. The summed E-state index contributed by atoms with van der Waals surface area (Å²) < 4.78 is 9.65. The van der Waals surface area contributed by atoms with Crippen LogP contribution in [0.5, 0.6) is 11.5 Å². The molecule has 1 rings (SSSR count). The van der Waals surface area contributed by atoms with Crippen LogP contribution in [0.3, 0.4) is 0 Å². The van der Waals surface area contributed by atoms with E-state index >= 15 is 0 Å². The monoisotopic (exact) mass is 262 g/mol. The van der Waals surface area contributed by atoms with E-state index in [2.05, 4.69) is 0 Å². The maximum Gasteiger partial charge on any atom is 0.308 e. The van der Waals surface area contributed by atoms with Crippen molar-refractivity contribution >= 4 is 35.1 Å². The SMILES string of the molecule is CC(=O)Oc1c(Cl)ccc(Cl)c1OC(C)=O. The van der Waals surface area contributed by atoms with Crippen molar-refractivity contribution in [3.05, 3.63) is 22.2 Å². The molecule has 0 amide bonds. The molecule has 0 unspecified atom stereocenters. The van der Waals surface area contributed by atoms with Crippen molar-refractivity contribution in [1.82, 2.24) is 0 Å². The number of carbonyl (C=O) groups excluding carboxylic acids is 2. The van der Waals surface area contributed by atoms with E-state index in [1.54, 1.807) is 0 Å². The van der Waals surface area contributed by atoms with Crippen molar-refractivity contribution in [2.45, 2.75) is 13.8 Å². The van der Waals surface area contributed by atoms with E-state index in [9.17, 15) is 9.59 Å². The van der Waals surface area contributed by atoms with Crippen molar-refractivity contribution in [1.29, 1.82) is 0 Å². The zero-order valence-corrected chi connectivity index (χ0v) is 10.1. The molecule has 86 valence electrons. The Balaban J connectivity index is 3.24. The molecule has 0 aromatic heterocycles. The predicted octanol–water partition coefficient (Wildman–Crippen LogP) is 2.84. The van der Waals surface area contributed by atoms with Gasteiger partial charge in [0.05, 0.1) is 10.0 Å². The highest BCUT2D eigenvalue weighted by molar-refractivity contribution is 6.35. The van der Waals surface area contributed by atoms with Gasteiger partial charge in [-0.1, -0.05) is 23.2 Å². The van der Waals surface area contributed by atoms with Crippen LogP contribution < -0.4 is 9.47 Å². The molecule has 16 heavy (non-hydrogen) atoms. The third kappa shape index (κ3) is 3.12. The Labute approximate surface area is 102 Å². The summed E-state index contributed by atoms with van der Waals surface area (Å²) in [5.41, 5.74) is 0. The Hall–Kier alpha value is -1.26. The lowest BCUT2D eigenvalue weighted by atomic mass is 10.3. The number of ether oxygens (including phenoxy) is 2. The van der Waals surface area contributed by atoms with Crippen LogP contribution in [0.2, 0.25) is 10.0 Å². The number of carbonyl (C=O) groups is 2. The highest BCUT2D eigenvalue weighted by atomic mass is 35.5. The average Bonchev–Trinajstić information content (AvgIpc) is 2.16. The summed E-state index contributed by atoms with van der Waals surface area (Å²) >= 11 is 11.6. The van der Waals surface area contributed by atoms with Crippen LogP contribution >= 0.6 is 23.2 Å². The Morgan fingerprint density at radius 1 is 0.938 bits per heavy atom. The lowest BCUT2D eigenvalue weighted by molar-refractivity contribution is -0.134. The first-order valence-electron chi connectivity index (χ1n) is 4.26.